The molecule has 0 aromatic heterocycles. The van der Waals surface area contributed by atoms with Gasteiger partial charge in [0, 0.05) is 55.5 Å². The summed E-state index contributed by atoms with van der Waals surface area (Å²) in [6.07, 6.45) is 2.05. The van der Waals surface area contributed by atoms with E-state index in [9.17, 15) is 5.11 Å². The number of phenols is 1. The molecule has 5 nitrogen and oxygen atoms in total. The van der Waals surface area contributed by atoms with Crippen molar-refractivity contribution in [3.63, 3.8) is 0 Å². The van der Waals surface area contributed by atoms with Crippen LogP contribution in [0.25, 0.3) is 0 Å². The SMILES string of the molecule is COc1ccc(Br)c([C@@H](C2CCOCC2)N2CCNCC2)c1O. The second-order valence-electron chi connectivity index (χ2n) is 6.19. The molecular weight excluding hydrogens is 360 g/mol. The number of benzene rings is 1. The molecule has 0 saturated carbocycles. The molecule has 0 radical (unpaired) electrons. The maximum Gasteiger partial charge on any atom is 0.163 e. The van der Waals surface area contributed by atoms with E-state index >= 15 is 0 Å². The lowest BCUT2D eigenvalue weighted by Crippen LogP contribution is -2.47. The van der Waals surface area contributed by atoms with Crippen LogP contribution in [0, 0.1) is 5.92 Å². The lowest BCUT2D eigenvalue weighted by Gasteiger charge is -2.41. The molecule has 2 fully saturated rings. The Balaban J connectivity index is 2.00. The molecule has 0 bridgehead atoms. The average Bonchev–Trinajstić information content (AvgIpc) is 2.60. The standard InChI is InChI=1S/C17H25BrN2O3/c1-22-14-3-2-13(18)15(17(14)21)16(12-4-10-23-11-5-12)20-8-6-19-7-9-20/h2-3,12,16,19,21H,4-11H2,1H3/t16-/m1/s1. The van der Waals surface area contributed by atoms with Crippen LogP contribution in [0.3, 0.4) is 0 Å². The first-order chi connectivity index (χ1) is 11.2. The first kappa shape index (κ1) is 17.0. The summed E-state index contributed by atoms with van der Waals surface area (Å²) in [4.78, 5) is 2.49. The molecule has 0 amide bonds. The number of ether oxygens (including phenoxy) is 2. The molecule has 128 valence electrons. The number of phenolic OH excluding ortho intramolecular Hbond substituents is 1. The fourth-order valence-corrected chi connectivity index (χ4v) is 4.27. The molecule has 23 heavy (non-hydrogen) atoms. The number of aromatic hydroxyl groups is 1. The molecule has 0 aliphatic carbocycles. The van der Waals surface area contributed by atoms with Crippen molar-refractivity contribution in [1.29, 1.82) is 0 Å². The van der Waals surface area contributed by atoms with Crippen LogP contribution in [-0.4, -0.2) is 56.5 Å². The zero-order chi connectivity index (χ0) is 16.2. The second kappa shape index (κ2) is 7.83. The highest BCUT2D eigenvalue weighted by Gasteiger charge is 2.35. The highest BCUT2D eigenvalue weighted by atomic mass is 79.9. The van der Waals surface area contributed by atoms with E-state index < -0.39 is 0 Å². The van der Waals surface area contributed by atoms with Gasteiger partial charge in [-0.15, -0.1) is 0 Å². The Morgan fingerprint density at radius 3 is 2.65 bits per heavy atom. The van der Waals surface area contributed by atoms with Gasteiger partial charge in [-0.3, -0.25) is 4.90 Å². The first-order valence-corrected chi connectivity index (χ1v) is 9.09. The van der Waals surface area contributed by atoms with Crippen LogP contribution in [0.1, 0.15) is 24.4 Å². The van der Waals surface area contributed by atoms with Crippen molar-refractivity contribution in [3.8, 4) is 11.5 Å². The molecule has 1 aromatic rings. The summed E-state index contributed by atoms with van der Waals surface area (Å²) < 4.78 is 11.8. The van der Waals surface area contributed by atoms with Gasteiger partial charge < -0.3 is 19.9 Å². The number of rotatable bonds is 4. The predicted octanol–water partition coefficient (Wildman–Crippen LogP) is 2.54. The minimum absolute atomic E-state index is 0.186. The molecule has 1 atom stereocenters. The molecule has 0 unspecified atom stereocenters. The van der Waals surface area contributed by atoms with Gasteiger partial charge in [-0.2, -0.15) is 0 Å². The number of piperazine rings is 1. The highest BCUT2D eigenvalue weighted by molar-refractivity contribution is 9.10. The molecule has 0 spiro atoms. The molecule has 1 aromatic carbocycles. The summed E-state index contributed by atoms with van der Waals surface area (Å²) in [5.41, 5.74) is 0.957. The van der Waals surface area contributed by atoms with Gasteiger partial charge in [-0.25, -0.2) is 0 Å². The lowest BCUT2D eigenvalue weighted by molar-refractivity contribution is 0.0203. The average molecular weight is 385 g/mol. The van der Waals surface area contributed by atoms with Crippen molar-refractivity contribution in [3.05, 3.63) is 22.2 Å². The smallest absolute Gasteiger partial charge is 0.163 e. The van der Waals surface area contributed by atoms with Crippen molar-refractivity contribution < 1.29 is 14.6 Å². The van der Waals surface area contributed by atoms with E-state index in [2.05, 4.69) is 26.1 Å². The van der Waals surface area contributed by atoms with E-state index in [0.717, 1.165) is 62.3 Å². The molecule has 6 heteroatoms. The number of hydrogen-bond acceptors (Lipinski definition) is 5. The zero-order valence-corrected chi connectivity index (χ0v) is 15.1. The third-order valence-corrected chi connectivity index (χ3v) is 5.59. The maximum atomic E-state index is 10.8. The molecular formula is C17H25BrN2O3. The van der Waals surface area contributed by atoms with Gasteiger partial charge in [0.25, 0.3) is 0 Å². The highest BCUT2D eigenvalue weighted by Crippen LogP contribution is 2.46. The van der Waals surface area contributed by atoms with E-state index in [0.29, 0.717) is 11.7 Å². The fraction of sp³-hybridized carbons (Fsp3) is 0.647. The van der Waals surface area contributed by atoms with E-state index in [1.54, 1.807) is 7.11 Å². The molecule has 2 heterocycles. The van der Waals surface area contributed by atoms with Gasteiger partial charge in [0.2, 0.25) is 0 Å². The molecule has 2 N–H and O–H groups in total. The Labute approximate surface area is 146 Å². The van der Waals surface area contributed by atoms with Crippen LogP contribution in [-0.2, 0) is 4.74 Å². The molecule has 2 aliphatic rings. The van der Waals surface area contributed by atoms with Crippen molar-refractivity contribution >= 4 is 15.9 Å². The second-order valence-corrected chi connectivity index (χ2v) is 7.05. The summed E-state index contributed by atoms with van der Waals surface area (Å²) in [5, 5.41) is 14.2. The predicted molar refractivity (Wildman–Crippen MR) is 93.1 cm³/mol. The maximum absolute atomic E-state index is 10.8. The summed E-state index contributed by atoms with van der Waals surface area (Å²) in [5.74, 6) is 1.28. The number of nitrogens with one attached hydrogen (secondary N) is 1. The summed E-state index contributed by atoms with van der Waals surface area (Å²) >= 11 is 3.66. The van der Waals surface area contributed by atoms with Crippen LogP contribution in [0.2, 0.25) is 0 Å². The van der Waals surface area contributed by atoms with Gasteiger partial charge in [0.15, 0.2) is 11.5 Å². The quantitative estimate of drug-likeness (QED) is 0.835. The van der Waals surface area contributed by atoms with Crippen LogP contribution in [0.15, 0.2) is 16.6 Å². The minimum Gasteiger partial charge on any atom is -0.504 e. The minimum atomic E-state index is 0.186. The Bertz CT molecular complexity index is 511. The van der Waals surface area contributed by atoms with Gasteiger partial charge in [-0.1, -0.05) is 15.9 Å². The van der Waals surface area contributed by atoms with Gasteiger partial charge in [-0.05, 0) is 30.9 Å². The van der Waals surface area contributed by atoms with Crippen molar-refractivity contribution in [2.24, 2.45) is 5.92 Å². The van der Waals surface area contributed by atoms with Crippen molar-refractivity contribution in [2.45, 2.75) is 18.9 Å². The summed E-state index contributed by atoms with van der Waals surface area (Å²) in [6, 6.07) is 3.97. The zero-order valence-electron chi connectivity index (χ0n) is 13.6. The fourth-order valence-electron chi connectivity index (χ4n) is 3.72. The van der Waals surface area contributed by atoms with Gasteiger partial charge in [0.1, 0.15) is 0 Å². The topological polar surface area (TPSA) is 54.0 Å². The van der Waals surface area contributed by atoms with E-state index in [1.165, 1.54) is 0 Å². The monoisotopic (exact) mass is 384 g/mol. The normalized spacial score (nSPS) is 22.0. The molecule has 2 saturated heterocycles. The van der Waals surface area contributed by atoms with Gasteiger partial charge in [0.05, 0.1) is 7.11 Å². The van der Waals surface area contributed by atoms with Crippen molar-refractivity contribution in [2.75, 3.05) is 46.5 Å². The Morgan fingerprint density at radius 2 is 2.00 bits per heavy atom. The van der Waals surface area contributed by atoms with Crippen LogP contribution in [0.5, 0.6) is 11.5 Å². The van der Waals surface area contributed by atoms with Crippen LogP contribution in [0.4, 0.5) is 0 Å². The Kier molecular flexibility index (Phi) is 5.80. The van der Waals surface area contributed by atoms with Gasteiger partial charge >= 0.3 is 0 Å². The Morgan fingerprint density at radius 1 is 1.30 bits per heavy atom. The largest absolute Gasteiger partial charge is 0.504 e. The van der Waals surface area contributed by atoms with Crippen molar-refractivity contribution in [1.82, 2.24) is 10.2 Å². The number of halogens is 1. The molecule has 3 rings (SSSR count). The van der Waals surface area contributed by atoms with Crippen LogP contribution >= 0.6 is 15.9 Å². The molecule has 2 aliphatic heterocycles. The third-order valence-electron chi connectivity index (χ3n) is 4.90. The lowest BCUT2D eigenvalue weighted by atomic mass is 9.85. The Hall–Kier alpha value is -0.820. The summed E-state index contributed by atoms with van der Waals surface area (Å²) in [6.45, 7) is 5.56. The van der Waals surface area contributed by atoms with E-state index in [4.69, 9.17) is 9.47 Å². The number of hydrogen-bond donors (Lipinski definition) is 2. The first-order valence-electron chi connectivity index (χ1n) is 8.30. The summed E-state index contributed by atoms with van der Waals surface area (Å²) in [7, 11) is 1.60. The number of nitrogens with zero attached hydrogens (tertiary/aromatic N) is 1. The number of methoxy groups -OCH3 is 1. The van der Waals surface area contributed by atoms with Crippen LogP contribution < -0.4 is 10.1 Å². The third kappa shape index (κ3) is 3.65. The van der Waals surface area contributed by atoms with E-state index in [1.807, 2.05) is 12.1 Å². The van der Waals surface area contributed by atoms with E-state index in [-0.39, 0.29) is 11.8 Å².